The summed E-state index contributed by atoms with van der Waals surface area (Å²) < 4.78 is 19.2. The molecule has 2 unspecified atom stereocenters. The van der Waals surface area contributed by atoms with Crippen molar-refractivity contribution < 1.29 is 14.2 Å². The molecule has 0 radical (unpaired) electrons. The second kappa shape index (κ2) is 5.24. The smallest absolute Gasteiger partial charge is 0.127 e. The van der Waals surface area contributed by atoms with Crippen LogP contribution in [0.3, 0.4) is 0 Å². The minimum absolute atomic E-state index is 0.306. The van der Waals surface area contributed by atoms with Crippen molar-refractivity contribution in [1.29, 1.82) is 0 Å². The number of hydrogen-bond donors (Lipinski definition) is 1. The molecule has 5 heteroatoms. The van der Waals surface area contributed by atoms with E-state index in [-0.39, 0.29) is 0 Å². The number of fused-ring (bicyclic) bond motifs is 1. The van der Waals surface area contributed by atoms with Gasteiger partial charge in [-0.05, 0) is 42.0 Å². The lowest BCUT2D eigenvalue weighted by Crippen LogP contribution is -2.19. The fourth-order valence-electron chi connectivity index (χ4n) is 2.38. The first-order chi connectivity index (χ1) is 9.52. The van der Waals surface area contributed by atoms with Gasteiger partial charge in [-0.2, -0.15) is 0 Å². The van der Waals surface area contributed by atoms with Gasteiger partial charge in [0.1, 0.15) is 17.7 Å². The molecular weight excluding hydrogens is 302 g/mol. The Kier molecular flexibility index (Phi) is 3.59. The summed E-state index contributed by atoms with van der Waals surface area (Å²) in [5, 5.41) is 11.0. The van der Waals surface area contributed by atoms with E-state index in [0.29, 0.717) is 33.3 Å². The van der Waals surface area contributed by atoms with Crippen molar-refractivity contribution in [3.8, 4) is 5.75 Å². The zero-order valence-corrected chi connectivity index (χ0v) is 11.8. The minimum Gasteiger partial charge on any atom is -0.485 e. The molecule has 20 heavy (non-hydrogen) atoms. The fourth-order valence-corrected chi connectivity index (χ4v) is 2.79. The highest BCUT2D eigenvalue weighted by Crippen LogP contribution is 2.42. The minimum atomic E-state index is -0.704. The van der Waals surface area contributed by atoms with Crippen molar-refractivity contribution >= 4 is 23.2 Å². The summed E-state index contributed by atoms with van der Waals surface area (Å²) in [5.41, 5.74) is 1.26. The predicted octanol–water partition coefficient (Wildman–Crippen LogP) is 4.69. The summed E-state index contributed by atoms with van der Waals surface area (Å²) in [6.45, 7) is 0. The summed E-state index contributed by atoms with van der Waals surface area (Å²) in [4.78, 5) is 0. The molecule has 0 saturated heterocycles. The van der Waals surface area contributed by atoms with Crippen LogP contribution in [-0.2, 0) is 0 Å². The molecule has 0 saturated carbocycles. The van der Waals surface area contributed by atoms with Crippen molar-refractivity contribution in [2.24, 2.45) is 0 Å². The van der Waals surface area contributed by atoms with Crippen LogP contribution in [0, 0.1) is 5.82 Å². The van der Waals surface area contributed by atoms with E-state index in [1.165, 1.54) is 12.1 Å². The van der Waals surface area contributed by atoms with Crippen molar-refractivity contribution in [2.45, 2.75) is 18.6 Å². The van der Waals surface area contributed by atoms with Crippen LogP contribution < -0.4 is 4.74 Å². The highest BCUT2D eigenvalue weighted by Gasteiger charge is 2.28. The molecule has 1 N–H and O–H groups in total. The molecule has 1 aliphatic rings. The van der Waals surface area contributed by atoms with Crippen LogP contribution in [-0.4, -0.2) is 5.11 Å². The number of rotatable bonds is 1. The van der Waals surface area contributed by atoms with E-state index in [0.717, 1.165) is 0 Å². The van der Waals surface area contributed by atoms with Gasteiger partial charge in [-0.1, -0.05) is 23.2 Å². The van der Waals surface area contributed by atoms with E-state index in [4.69, 9.17) is 27.9 Å². The van der Waals surface area contributed by atoms with Gasteiger partial charge in [0.05, 0.1) is 6.10 Å². The van der Waals surface area contributed by atoms with Gasteiger partial charge in [0.25, 0.3) is 0 Å². The van der Waals surface area contributed by atoms with Crippen LogP contribution in [0.15, 0.2) is 36.4 Å². The average molecular weight is 313 g/mol. The van der Waals surface area contributed by atoms with Crippen molar-refractivity contribution in [2.75, 3.05) is 0 Å². The molecular formula is C15H11Cl2FO2. The first kappa shape index (κ1) is 13.7. The van der Waals surface area contributed by atoms with Crippen LogP contribution in [0.2, 0.25) is 10.0 Å². The van der Waals surface area contributed by atoms with E-state index in [1.54, 1.807) is 24.3 Å². The lowest BCUT2D eigenvalue weighted by Gasteiger charge is -2.30. The van der Waals surface area contributed by atoms with Gasteiger partial charge >= 0.3 is 0 Å². The number of benzene rings is 2. The molecule has 2 nitrogen and oxygen atoms in total. The topological polar surface area (TPSA) is 29.5 Å². The second-order valence-corrected chi connectivity index (χ2v) is 5.62. The zero-order chi connectivity index (χ0) is 14.3. The van der Waals surface area contributed by atoms with Gasteiger partial charge in [-0.3, -0.25) is 0 Å². The molecule has 0 spiro atoms. The lowest BCUT2D eigenvalue weighted by atomic mass is 9.95. The maximum absolute atomic E-state index is 13.4. The van der Waals surface area contributed by atoms with E-state index >= 15 is 0 Å². The fraction of sp³-hybridized carbons (Fsp3) is 0.200. The third kappa shape index (κ3) is 2.62. The Morgan fingerprint density at radius 1 is 1.10 bits per heavy atom. The lowest BCUT2D eigenvalue weighted by molar-refractivity contribution is 0.0656. The first-order valence-electron chi connectivity index (χ1n) is 6.13. The zero-order valence-electron chi connectivity index (χ0n) is 10.3. The number of hydrogen-bond acceptors (Lipinski definition) is 2. The first-order valence-corrected chi connectivity index (χ1v) is 6.88. The Bertz CT molecular complexity index is 640. The Hall–Kier alpha value is -1.29. The van der Waals surface area contributed by atoms with Gasteiger partial charge < -0.3 is 9.84 Å². The number of ether oxygens (including phenoxy) is 1. The molecule has 0 fully saturated rings. The Labute approximate surface area is 125 Å². The van der Waals surface area contributed by atoms with Gasteiger partial charge in [-0.25, -0.2) is 4.39 Å². The maximum atomic E-state index is 13.4. The van der Waals surface area contributed by atoms with Gasteiger partial charge in [0.2, 0.25) is 0 Å². The quantitative estimate of drug-likeness (QED) is 0.827. The van der Waals surface area contributed by atoms with Gasteiger partial charge in [0.15, 0.2) is 0 Å². The third-order valence-electron chi connectivity index (χ3n) is 3.29. The summed E-state index contributed by atoms with van der Waals surface area (Å²) in [6.07, 6.45) is -0.816. The largest absolute Gasteiger partial charge is 0.485 e. The molecule has 1 heterocycles. The van der Waals surface area contributed by atoms with Crippen LogP contribution in [0.25, 0.3) is 0 Å². The Morgan fingerprint density at radius 3 is 2.65 bits per heavy atom. The summed E-state index contributed by atoms with van der Waals surface area (Å²) in [5.74, 6) is 0.131. The van der Waals surface area contributed by atoms with Crippen LogP contribution in [0.1, 0.15) is 29.8 Å². The maximum Gasteiger partial charge on any atom is 0.127 e. The molecule has 2 aromatic rings. The molecule has 0 bridgehead atoms. The van der Waals surface area contributed by atoms with Crippen molar-refractivity contribution in [1.82, 2.24) is 0 Å². The SMILES string of the molecule is OC1CC(c2cc(F)cc(Cl)c2)Oc2ccc(Cl)cc21. The van der Waals surface area contributed by atoms with E-state index in [2.05, 4.69) is 0 Å². The van der Waals surface area contributed by atoms with Crippen LogP contribution >= 0.6 is 23.2 Å². The normalized spacial score (nSPS) is 21.2. The molecule has 2 atom stereocenters. The summed E-state index contributed by atoms with van der Waals surface area (Å²) >= 11 is 11.8. The third-order valence-corrected chi connectivity index (χ3v) is 3.75. The molecule has 3 rings (SSSR count). The highest BCUT2D eigenvalue weighted by molar-refractivity contribution is 6.31. The monoisotopic (exact) mass is 312 g/mol. The van der Waals surface area contributed by atoms with Gasteiger partial charge in [0, 0.05) is 22.0 Å². The predicted molar refractivity (Wildman–Crippen MR) is 75.8 cm³/mol. The van der Waals surface area contributed by atoms with E-state index in [9.17, 15) is 9.50 Å². The van der Waals surface area contributed by atoms with Gasteiger partial charge in [-0.15, -0.1) is 0 Å². The molecule has 0 aliphatic carbocycles. The van der Waals surface area contributed by atoms with Crippen molar-refractivity contribution in [3.05, 3.63) is 63.4 Å². The Balaban J connectivity index is 1.96. The molecule has 0 aromatic heterocycles. The van der Waals surface area contributed by atoms with Crippen LogP contribution in [0.5, 0.6) is 5.75 Å². The second-order valence-electron chi connectivity index (χ2n) is 4.74. The molecule has 2 aromatic carbocycles. The van der Waals surface area contributed by atoms with E-state index < -0.39 is 18.0 Å². The molecule has 1 aliphatic heterocycles. The van der Waals surface area contributed by atoms with E-state index in [1.807, 2.05) is 0 Å². The summed E-state index contributed by atoms with van der Waals surface area (Å²) in [7, 11) is 0. The van der Waals surface area contributed by atoms with Crippen LogP contribution in [0.4, 0.5) is 4.39 Å². The number of halogens is 3. The highest BCUT2D eigenvalue weighted by atomic mass is 35.5. The summed E-state index contributed by atoms with van der Waals surface area (Å²) in [6, 6.07) is 9.31. The molecule has 0 amide bonds. The standard InChI is InChI=1S/C15H11Cl2FO2/c16-9-1-2-14-12(6-9)13(19)7-15(20-14)8-3-10(17)5-11(18)4-8/h1-6,13,15,19H,7H2. The van der Waals surface area contributed by atoms with Crippen molar-refractivity contribution in [3.63, 3.8) is 0 Å². The Morgan fingerprint density at radius 2 is 1.90 bits per heavy atom. The number of aliphatic hydroxyl groups excluding tert-OH is 1. The average Bonchev–Trinajstić information content (AvgIpc) is 2.38. The number of aliphatic hydroxyl groups is 1. The molecule has 104 valence electrons.